The molecule has 1 heterocycles. The van der Waals surface area contributed by atoms with E-state index < -0.39 is 12.0 Å². The third-order valence-corrected chi connectivity index (χ3v) is 4.91. The predicted molar refractivity (Wildman–Crippen MR) is 103 cm³/mol. The fraction of sp³-hybridized carbons (Fsp3) is 0.571. The van der Waals surface area contributed by atoms with Crippen molar-refractivity contribution in [1.82, 2.24) is 10.2 Å². The van der Waals surface area contributed by atoms with Crippen molar-refractivity contribution in [2.75, 3.05) is 13.2 Å². The summed E-state index contributed by atoms with van der Waals surface area (Å²) in [5.74, 6) is -1.12. The molecule has 0 bridgehead atoms. The monoisotopic (exact) mass is 374 g/mol. The molecule has 1 N–H and O–H groups in total. The minimum absolute atomic E-state index is 0.138. The van der Waals surface area contributed by atoms with Crippen LogP contribution >= 0.6 is 0 Å². The van der Waals surface area contributed by atoms with Crippen molar-refractivity contribution in [2.24, 2.45) is 5.92 Å². The minimum atomic E-state index is -0.771. The molecule has 1 fully saturated rings. The zero-order chi connectivity index (χ0) is 19.8. The van der Waals surface area contributed by atoms with Crippen molar-refractivity contribution < 1.29 is 19.1 Å². The SMILES string of the molecule is CC(C)[C@H](NC(=O)Cc1ccccc1)C(=O)OCC(=O)N1CCCC[C@@H]1C. The average Bonchev–Trinajstić information content (AvgIpc) is 2.65. The van der Waals surface area contributed by atoms with Crippen molar-refractivity contribution in [3.8, 4) is 0 Å². The van der Waals surface area contributed by atoms with Crippen LogP contribution in [-0.4, -0.2) is 47.9 Å². The first-order valence-corrected chi connectivity index (χ1v) is 9.68. The van der Waals surface area contributed by atoms with Gasteiger partial charge in [0.05, 0.1) is 6.42 Å². The highest BCUT2D eigenvalue weighted by Crippen LogP contribution is 2.16. The molecule has 6 heteroatoms. The van der Waals surface area contributed by atoms with Gasteiger partial charge in [-0.05, 0) is 37.7 Å². The Morgan fingerprint density at radius 2 is 1.89 bits per heavy atom. The van der Waals surface area contributed by atoms with Gasteiger partial charge in [0.15, 0.2) is 6.61 Å². The first kappa shape index (κ1) is 20.9. The quantitative estimate of drug-likeness (QED) is 0.743. The van der Waals surface area contributed by atoms with Crippen LogP contribution in [0.15, 0.2) is 30.3 Å². The largest absolute Gasteiger partial charge is 0.454 e. The van der Waals surface area contributed by atoms with E-state index in [2.05, 4.69) is 5.32 Å². The smallest absolute Gasteiger partial charge is 0.329 e. The van der Waals surface area contributed by atoms with E-state index in [4.69, 9.17) is 4.74 Å². The van der Waals surface area contributed by atoms with Crippen LogP contribution in [0.1, 0.15) is 45.6 Å². The molecule has 6 nitrogen and oxygen atoms in total. The van der Waals surface area contributed by atoms with Crippen molar-refractivity contribution >= 4 is 17.8 Å². The molecule has 2 atom stereocenters. The summed E-state index contributed by atoms with van der Waals surface area (Å²) in [6.45, 7) is 6.12. The second kappa shape index (κ2) is 10.1. The number of hydrogen-bond acceptors (Lipinski definition) is 4. The molecule has 2 amide bonds. The Bertz CT molecular complexity index is 645. The summed E-state index contributed by atoms with van der Waals surface area (Å²) in [6, 6.07) is 8.75. The number of nitrogens with one attached hydrogen (secondary N) is 1. The number of carbonyl (C=O) groups excluding carboxylic acids is 3. The fourth-order valence-corrected chi connectivity index (χ4v) is 3.28. The van der Waals surface area contributed by atoms with Crippen LogP contribution in [-0.2, 0) is 25.5 Å². The maximum absolute atomic E-state index is 12.4. The zero-order valence-electron chi connectivity index (χ0n) is 16.4. The van der Waals surface area contributed by atoms with Gasteiger partial charge >= 0.3 is 5.97 Å². The topological polar surface area (TPSA) is 75.7 Å². The Kier molecular flexibility index (Phi) is 7.82. The third-order valence-electron chi connectivity index (χ3n) is 4.91. The van der Waals surface area contributed by atoms with Gasteiger partial charge < -0.3 is 15.0 Å². The highest BCUT2D eigenvalue weighted by molar-refractivity contribution is 5.87. The Morgan fingerprint density at radius 1 is 1.19 bits per heavy atom. The molecule has 1 aliphatic rings. The normalized spacial score (nSPS) is 18.1. The molecule has 0 spiro atoms. The fourth-order valence-electron chi connectivity index (χ4n) is 3.28. The van der Waals surface area contributed by atoms with Crippen LogP contribution in [0.4, 0.5) is 0 Å². The molecule has 1 aromatic carbocycles. The Hall–Kier alpha value is -2.37. The van der Waals surface area contributed by atoms with Gasteiger partial charge in [0, 0.05) is 12.6 Å². The first-order valence-electron chi connectivity index (χ1n) is 9.68. The van der Waals surface area contributed by atoms with Crippen LogP contribution in [0.2, 0.25) is 0 Å². The molecule has 1 saturated heterocycles. The number of hydrogen-bond donors (Lipinski definition) is 1. The maximum Gasteiger partial charge on any atom is 0.329 e. The maximum atomic E-state index is 12.4. The second-order valence-electron chi connectivity index (χ2n) is 7.49. The predicted octanol–water partition coefficient (Wildman–Crippen LogP) is 2.31. The molecule has 2 rings (SSSR count). The lowest BCUT2D eigenvalue weighted by atomic mass is 10.0. The van der Waals surface area contributed by atoms with Crippen molar-refractivity contribution in [2.45, 2.75) is 58.5 Å². The summed E-state index contributed by atoms with van der Waals surface area (Å²) in [6.07, 6.45) is 3.27. The lowest BCUT2D eigenvalue weighted by Crippen LogP contribution is -2.48. The summed E-state index contributed by atoms with van der Waals surface area (Å²) in [5, 5.41) is 2.74. The van der Waals surface area contributed by atoms with E-state index in [-0.39, 0.29) is 36.8 Å². The van der Waals surface area contributed by atoms with Crippen molar-refractivity contribution in [3.05, 3.63) is 35.9 Å². The Morgan fingerprint density at radius 3 is 2.52 bits per heavy atom. The molecule has 0 unspecified atom stereocenters. The molecule has 1 aromatic rings. The van der Waals surface area contributed by atoms with Crippen LogP contribution in [0.3, 0.4) is 0 Å². The number of esters is 1. The van der Waals surface area contributed by atoms with E-state index in [9.17, 15) is 14.4 Å². The number of likely N-dealkylation sites (tertiary alicyclic amines) is 1. The molecule has 0 aliphatic carbocycles. The molecule has 0 aromatic heterocycles. The van der Waals surface area contributed by atoms with Gasteiger partial charge in [0.25, 0.3) is 5.91 Å². The lowest BCUT2D eigenvalue weighted by molar-refractivity contribution is -0.156. The molecule has 1 aliphatic heterocycles. The zero-order valence-corrected chi connectivity index (χ0v) is 16.4. The van der Waals surface area contributed by atoms with Gasteiger partial charge in [0.2, 0.25) is 5.91 Å². The van der Waals surface area contributed by atoms with Gasteiger partial charge in [-0.2, -0.15) is 0 Å². The molecule has 0 saturated carbocycles. The van der Waals surface area contributed by atoms with Crippen molar-refractivity contribution in [1.29, 1.82) is 0 Å². The van der Waals surface area contributed by atoms with E-state index in [1.807, 2.05) is 51.1 Å². The Labute approximate surface area is 161 Å². The van der Waals surface area contributed by atoms with Gasteiger partial charge in [0.1, 0.15) is 6.04 Å². The molecule has 0 radical (unpaired) electrons. The summed E-state index contributed by atoms with van der Waals surface area (Å²) in [5.41, 5.74) is 0.875. The van der Waals surface area contributed by atoms with Gasteiger partial charge in [-0.15, -0.1) is 0 Å². The van der Waals surface area contributed by atoms with Crippen LogP contribution in [0, 0.1) is 5.92 Å². The van der Waals surface area contributed by atoms with Gasteiger partial charge in [-0.25, -0.2) is 4.79 Å². The number of carbonyl (C=O) groups is 3. The van der Waals surface area contributed by atoms with E-state index >= 15 is 0 Å². The molecule has 148 valence electrons. The average molecular weight is 374 g/mol. The van der Waals surface area contributed by atoms with Crippen LogP contribution in [0.25, 0.3) is 0 Å². The third kappa shape index (κ3) is 6.38. The number of rotatable bonds is 7. The van der Waals surface area contributed by atoms with E-state index in [1.165, 1.54) is 0 Å². The highest BCUT2D eigenvalue weighted by atomic mass is 16.5. The Balaban J connectivity index is 1.86. The van der Waals surface area contributed by atoms with Crippen LogP contribution < -0.4 is 5.32 Å². The minimum Gasteiger partial charge on any atom is -0.454 e. The second-order valence-corrected chi connectivity index (χ2v) is 7.49. The highest BCUT2D eigenvalue weighted by Gasteiger charge is 2.28. The summed E-state index contributed by atoms with van der Waals surface area (Å²) < 4.78 is 5.24. The lowest BCUT2D eigenvalue weighted by Gasteiger charge is -2.33. The molecular weight excluding hydrogens is 344 g/mol. The summed E-state index contributed by atoms with van der Waals surface area (Å²) in [7, 11) is 0. The summed E-state index contributed by atoms with van der Waals surface area (Å²) in [4.78, 5) is 38.8. The van der Waals surface area contributed by atoms with Crippen molar-refractivity contribution in [3.63, 3.8) is 0 Å². The van der Waals surface area contributed by atoms with E-state index in [0.29, 0.717) is 6.54 Å². The number of benzene rings is 1. The van der Waals surface area contributed by atoms with Gasteiger partial charge in [-0.1, -0.05) is 44.2 Å². The number of nitrogens with zero attached hydrogens (tertiary/aromatic N) is 1. The molecular formula is C21H30N2O4. The molecule has 27 heavy (non-hydrogen) atoms. The van der Waals surface area contributed by atoms with E-state index in [0.717, 1.165) is 24.8 Å². The standard InChI is InChI=1S/C21H30N2O4/c1-15(2)20(22-18(24)13-17-10-5-4-6-11-17)21(26)27-14-19(25)23-12-8-7-9-16(23)3/h4-6,10-11,15-16,20H,7-9,12-14H2,1-3H3,(H,22,24)/t16-,20-/m0/s1. The number of ether oxygens (including phenoxy) is 1. The number of amides is 2. The number of piperidine rings is 1. The van der Waals surface area contributed by atoms with Crippen LogP contribution in [0.5, 0.6) is 0 Å². The summed E-state index contributed by atoms with van der Waals surface area (Å²) >= 11 is 0. The first-order chi connectivity index (χ1) is 12.9. The van der Waals surface area contributed by atoms with Gasteiger partial charge in [-0.3, -0.25) is 9.59 Å². The van der Waals surface area contributed by atoms with E-state index in [1.54, 1.807) is 4.90 Å².